The lowest BCUT2D eigenvalue weighted by Gasteiger charge is -2.08. The summed E-state index contributed by atoms with van der Waals surface area (Å²) >= 11 is 0. The van der Waals surface area contributed by atoms with Crippen molar-refractivity contribution in [2.45, 2.75) is 13.5 Å². The molecular formula is C13H15N3O3. The lowest BCUT2D eigenvalue weighted by Crippen LogP contribution is -2.05. The van der Waals surface area contributed by atoms with Gasteiger partial charge in [-0.15, -0.1) is 0 Å². The Labute approximate surface area is 110 Å². The number of nitrogens with zero attached hydrogens (tertiary/aromatic N) is 2. The molecule has 0 atom stereocenters. The van der Waals surface area contributed by atoms with Gasteiger partial charge in [0.2, 0.25) is 0 Å². The predicted molar refractivity (Wildman–Crippen MR) is 70.1 cm³/mol. The van der Waals surface area contributed by atoms with Gasteiger partial charge in [0.05, 0.1) is 17.0 Å². The molecule has 6 heteroatoms. The number of nitrogens with two attached hydrogens (primary N) is 1. The van der Waals surface area contributed by atoms with Crippen molar-refractivity contribution >= 4 is 11.7 Å². The van der Waals surface area contributed by atoms with Gasteiger partial charge in [-0.25, -0.2) is 4.79 Å². The number of benzene rings is 1. The van der Waals surface area contributed by atoms with Gasteiger partial charge in [-0.05, 0) is 25.1 Å². The van der Waals surface area contributed by atoms with Crippen molar-refractivity contribution < 1.29 is 14.6 Å². The smallest absolute Gasteiger partial charge is 0.337 e. The molecule has 6 nitrogen and oxygen atoms in total. The number of anilines is 1. The zero-order valence-corrected chi connectivity index (χ0v) is 10.8. The van der Waals surface area contributed by atoms with Crippen LogP contribution in [0.3, 0.4) is 0 Å². The summed E-state index contributed by atoms with van der Waals surface area (Å²) in [5, 5.41) is 13.1. The topological polar surface area (TPSA) is 90.4 Å². The number of rotatable bonds is 4. The second kappa shape index (κ2) is 5.01. The molecule has 0 fully saturated rings. The zero-order valence-electron chi connectivity index (χ0n) is 10.8. The molecule has 1 aromatic carbocycles. The molecule has 0 aliphatic heterocycles. The van der Waals surface area contributed by atoms with E-state index in [0.717, 1.165) is 11.4 Å². The average Bonchev–Trinajstić information content (AvgIpc) is 2.65. The molecule has 0 spiro atoms. The van der Waals surface area contributed by atoms with Crippen LogP contribution in [-0.4, -0.2) is 20.9 Å². The van der Waals surface area contributed by atoms with Crippen LogP contribution in [-0.2, 0) is 13.7 Å². The van der Waals surface area contributed by atoms with Crippen molar-refractivity contribution in [1.29, 1.82) is 0 Å². The first-order chi connectivity index (χ1) is 8.97. The van der Waals surface area contributed by atoms with Crippen LogP contribution in [0.15, 0.2) is 24.3 Å². The molecule has 1 aromatic heterocycles. The van der Waals surface area contributed by atoms with Crippen LogP contribution < -0.4 is 10.5 Å². The second-order valence-corrected chi connectivity index (χ2v) is 4.24. The predicted octanol–water partition coefficient (Wildman–Crippen LogP) is 1.59. The fraction of sp³-hybridized carbons (Fsp3) is 0.231. The first-order valence-corrected chi connectivity index (χ1v) is 5.72. The fourth-order valence-corrected chi connectivity index (χ4v) is 1.78. The fourth-order valence-electron chi connectivity index (χ4n) is 1.78. The number of hydrogen-bond donors (Lipinski definition) is 2. The molecule has 0 amide bonds. The molecule has 0 saturated heterocycles. The van der Waals surface area contributed by atoms with Gasteiger partial charge in [-0.3, -0.25) is 4.68 Å². The van der Waals surface area contributed by atoms with Gasteiger partial charge in [0.1, 0.15) is 12.4 Å². The first-order valence-electron chi connectivity index (χ1n) is 5.72. The largest absolute Gasteiger partial charge is 0.487 e. The summed E-state index contributed by atoms with van der Waals surface area (Å²) in [6, 6.07) is 6.45. The highest BCUT2D eigenvalue weighted by molar-refractivity contribution is 5.93. The molecule has 0 aliphatic rings. The summed E-state index contributed by atoms with van der Waals surface area (Å²) in [6.07, 6.45) is 0. The molecule has 1 heterocycles. The Morgan fingerprint density at radius 2 is 2.21 bits per heavy atom. The Kier molecular flexibility index (Phi) is 3.41. The quantitative estimate of drug-likeness (QED) is 0.815. The highest BCUT2D eigenvalue weighted by Gasteiger charge is 2.09. The molecule has 2 aromatic rings. The van der Waals surface area contributed by atoms with Crippen LogP contribution in [0.4, 0.5) is 5.69 Å². The number of carboxylic acids is 1. The number of ether oxygens (including phenoxy) is 1. The number of aromatic nitrogens is 2. The molecule has 19 heavy (non-hydrogen) atoms. The zero-order chi connectivity index (χ0) is 14.0. The summed E-state index contributed by atoms with van der Waals surface area (Å²) in [6.45, 7) is 2.26. The highest BCUT2D eigenvalue weighted by atomic mass is 16.5. The van der Waals surface area contributed by atoms with Gasteiger partial charge in [0.15, 0.2) is 0 Å². The molecule has 0 aliphatic carbocycles. The van der Waals surface area contributed by atoms with Crippen LogP contribution in [0.2, 0.25) is 0 Å². The van der Waals surface area contributed by atoms with Crippen LogP contribution in [0.1, 0.15) is 21.7 Å². The Balaban J connectivity index is 2.10. The van der Waals surface area contributed by atoms with Crippen molar-refractivity contribution in [3.8, 4) is 5.75 Å². The Morgan fingerprint density at radius 1 is 1.47 bits per heavy atom. The van der Waals surface area contributed by atoms with Crippen molar-refractivity contribution in [2.24, 2.45) is 7.05 Å². The minimum absolute atomic E-state index is 0.0729. The van der Waals surface area contributed by atoms with E-state index in [1.165, 1.54) is 12.1 Å². The van der Waals surface area contributed by atoms with Crippen LogP contribution in [0.5, 0.6) is 5.75 Å². The number of nitrogen functional groups attached to an aromatic ring is 1. The van der Waals surface area contributed by atoms with E-state index < -0.39 is 5.97 Å². The lowest BCUT2D eigenvalue weighted by molar-refractivity contribution is 0.0698. The number of carboxylic acid groups (broad SMARTS) is 1. The number of aryl methyl sites for hydroxylation is 2. The molecule has 0 bridgehead atoms. The van der Waals surface area contributed by atoms with Crippen molar-refractivity contribution in [3.05, 3.63) is 41.2 Å². The Hall–Kier alpha value is -2.50. The third kappa shape index (κ3) is 2.85. The first kappa shape index (κ1) is 12.9. The van der Waals surface area contributed by atoms with E-state index in [4.69, 9.17) is 15.6 Å². The Morgan fingerprint density at radius 3 is 2.74 bits per heavy atom. The van der Waals surface area contributed by atoms with E-state index in [0.29, 0.717) is 12.4 Å². The SMILES string of the molecule is Cc1cc(COc2ccc(C(=O)O)c(N)c2)n(C)n1. The standard InChI is InChI=1S/C13H15N3O3/c1-8-5-9(16(2)15-8)7-19-10-3-4-11(13(17)18)12(14)6-10/h3-6H,7,14H2,1-2H3,(H,17,18). The minimum Gasteiger partial charge on any atom is -0.487 e. The van der Waals surface area contributed by atoms with Gasteiger partial charge in [-0.2, -0.15) is 5.10 Å². The van der Waals surface area contributed by atoms with E-state index in [9.17, 15) is 4.79 Å². The van der Waals surface area contributed by atoms with Crippen molar-refractivity contribution in [3.63, 3.8) is 0 Å². The number of carbonyl (C=O) groups is 1. The second-order valence-electron chi connectivity index (χ2n) is 4.24. The van der Waals surface area contributed by atoms with Gasteiger partial charge in [-0.1, -0.05) is 0 Å². The van der Waals surface area contributed by atoms with Crippen LogP contribution in [0.25, 0.3) is 0 Å². The normalized spacial score (nSPS) is 10.4. The molecule has 100 valence electrons. The van der Waals surface area contributed by atoms with Gasteiger partial charge < -0.3 is 15.6 Å². The minimum atomic E-state index is -1.05. The number of hydrogen-bond acceptors (Lipinski definition) is 4. The molecule has 0 radical (unpaired) electrons. The van der Waals surface area contributed by atoms with Crippen LogP contribution >= 0.6 is 0 Å². The third-order valence-corrected chi connectivity index (χ3v) is 2.74. The highest BCUT2D eigenvalue weighted by Crippen LogP contribution is 2.21. The molecule has 2 rings (SSSR count). The molecule has 0 saturated carbocycles. The van der Waals surface area contributed by atoms with E-state index in [-0.39, 0.29) is 11.3 Å². The summed E-state index contributed by atoms with van der Waals surface area (Å²) in [7, 11) is 1.84. The third-order valence-electron chi connectivity index (χ3n) is 2.74. The lowest BCUT2D eigenvalue weighted by atomic mass is 10.2. The average molecular weight is 261 g/mol. The van der Waals surface area contributed by atoms with Gasteiger partial charge in [0.25, 0.3) is 0 Å². The maximum absolute atomic E-state index is 10.8. The van der Waals surface area contributed by atoms with Crippen molar-refractivity contribution in [1.82, 2.24) is 9.78 Å². The summed E-state index contributed by atoms with van der Waals surface area (Å²) in [5.74, 6) is -0.521. The summed E-state index contributed by atoms with van der Waals surface area (Å²) in [4.78, 5) is 10.8. The van der Waals surface area contributed by atoms with Gasteiger partial charge in [0, 0.05) is 18.8 Å². The maximum atomic E-state index is 10.8. The van der Waals surface area contributed by atoms with Crippen molar-refractivity contribution in [2.75, 3.05) is 5.73 Å². The van der Waals surface area contributed by atoms with E-state index in [1.54, 1.807) is 10.7 Å². The van der Waals surface area contributed by atoms with Crippen LogP contribution in [0, 0.1) is 6.92 Å². The number of aromatic carboxylic acids is 1. The van der Waals surface area contributed by atoms with Gasteiger partial charge >= 0.3 is 5.97 Å². The molecule has 0 unspecified atom stereocenters. The van der Waals surface area contributed by atoms with E-state index >= 15 is 0 Å². The monoisotopic (exact) mass is 261 g/mol. The molecular weight excluding hydrogens is 246 g/mol. The summed E-state index contributed by atoms with van der Waals surface area (Å²) < 4.78 is 7.31. The maximum Gasteiger partial charge on any atom is 0.337 e. The summed E-state index contributed by atoms with van der Waals surface area (Å²) in [5.41, 5.74) is 7.75. The van der Waals surface area contributed by atoms with E-state index in [2.05, 4.69) is 5.10 Å². The Bertz CT molecular complexity index is 620. The van der Waals surface area contributed by atoms with E-state index in [1.807, 2.05) is 20.0 Å². The molecule has 3 N–H and O–H groups in total.